The zero-order valence-corrected chi connectivity index (χ0v) is 29.4. The minimum Gasteiger partial charge on any atom is -0.435 e. The SMILES string of the molecule is c1ccc(-c2nc3ccc4cc(-c5ccccc5)c5ccc(N(c6ccccc6)c6ccc(-c7ccccc7-c7ccccc7)cc6)cc5c4c3o2)cc1. The molecule has 0 fully saturated rings. The van der Waals surface area contributed by atoms with Gasteiger partial charge in [0, 0.05) is 28.0 Å². The van der Waals surface area contributed by atoms with Crippen LogP contribution in [0.5, 0.6) is 0 Å². The minimum absolute atomic E-state index is 0.620. The van der Waals surface area contributed by atoms with Crippen molar-refractivity contribution in [3.63, 3.8) is 0 Å². The highest BCUT2D eigenvalue weighted by molar-refractivity contribution is 6.22. The number of rotatable bonds is 7. The molecular formula is C51H34N2O. The molecule has 0 aliphatic heterocycles. The third-order valence-electron chi connectivity index (χ3n) is 10.3. The van der Waals surface area contributed by atoms with Gasteiger partial charge < -0.3 is 9.32 Å². The molecule has 0 radical (unpaired) electrons. The van der Waals surface area contributed by atoms with Crippen molar-refractivity contribution < 1.29 is 4.42 Å². The van der Waals surface area contributed by atoms with Crippen LogP contribution in [0.3, 0.4) is 0 Å². The Bertz CT molecular complexity index is 2900. The van der Waals surface area contributed by atoms with E-state index in [2.05, 4.69) is 181 Å². The van der Waals surface area contributed by atoms with Crippen LogP contribution < -0.4 is 4.90 Å². The van der Waals surface area contributed by atoms with Crippen LogP contribution in [0.1, 0.15) is 0 Å². The van der Waals surface area contributed by atoms with Gasteiger partial charge in [-0.2, -0.15) is 0 Å². The lowest BCUT2D eigenvalue weighted by Crippen LogP contribution is -2.09. The standard InChI is InChI=1S/C51H34N2O/c1-5-15-35(16-6-1)43-23-13-14-24-44(43)37-25-28-41(29-26-37)53(40-21-11-4-12-22-40)42-30-31-45-46(36-17-7-2-8-18-36)33-39-27-32-48-50(49(39)47(45)34-42)54-51(52-48)38-19-9-3-10-20-38/h1-34H. The highest BCUT2D eigenvalue weighted by Crippen LogP contribution is 2.44. The third-order valence-corrected chi connectivity index (χ3v) is 10.3. The molecule has 1 heterocycles. The normalized spacial score (nSPS) is 11.3. The van der Waals surface area contributed by atoms with Crippen LogP contribution in [0.15, 0.2) is 211 Å². The van der Waals surface area contributed by atoms with Gasteiger partial charge in [-0.1, -0.05) is 146 Å². The van der Waals surface area contributed by atoms with Crippen LogP contribution in [-0.2, 0) is 0 Å². The van der Waals surface area contributed by atoms with E-state index in [0.29, 0.717) is 5.89 Å². The topological polar surface area (TPSA) is 29.3 Å². The lowest BCUT2D eigenvalue weighted by molar-refractivity contribution is 0.623. The van der Waals surface area contributed by atoms with Crippen molar-refractivity contribution in [1.29, 1.82) is 0 Å². The second-order valence-corrected chi connectivity index (χ2v) is 13.5. The Morgan fingerprint density at radius 3 is 1.54 bits per heavy atom. The second kappa shape index (κ2) is 13.4. The highest BCUT2D eigenvalue weighted by atomic mass is 16.3. The van der Waals surface area contributed by atoms with Crippen LogP contribution in [0.2, 0.25) is 0 Å². The minimum atomic E-state index is 0.620. The molecular weight excluding hydrogens is 657 g/mol. The summed E-state index contributed by atoms with van der Waals surface area (Å²) in [6, 6.07) is 72.9. The van der Waals surface area contributed by atoms with Crippen LogP contribution in [-0.4, -0.2) is 4.98 Å². The zero-order chi connectivity index (χ0) is 35.8. The van der Waals surface area contributed by atoms with Gasteiger partial charge in [-0.3, -0.25) is 0 Å². The van der Waals surface area contributed by atoms with Gasteiger partial charge in [0.2, 0.25) is 5.89 Å². The number of fused-ring (bicyclic) bond motifs is 5. The van der Waals surface area contributed by atoms with Gasteiger partial charge in [0.1, 0.15) is 5.52 Å². The largest absolute Gasteiger partial charge is 0.435 e. The molecule has 1 aromatic heterocycles. The summed E-state index contributed by atoms with van der Waals surface area (Å²) in [5, 5.41) is 4.43. The maximum atomic E-state index is 6.66. The Balaban J connectivity index is 1.17. The number of para-hydroxylation sites is 1. The Morgan fingerprint density at radius 2 is 0.889 bits per heavy atom. The first kappa shape index (κ1) is 31.5. The molecule has 0 atom stereocenters. The second-order valence-electron chi connectivity index (χ2n) is 13.5. The van der Waals surface area contributed by atoms with E-state index in [9.17, 15) is 0 Å². The van der Waals surface area contributed by atoms with Gasteiger partial charge in [-0.25, -0.2) is 4.98 Å². The van der Waals surface area contributed by atoms with E-state index < -0.39 is 0 Å². The molecule has 0 N–H and O–H groups in total. The fourth-order valence-electron chi connectivity index (χ4n) is 7.73. The molecule has 3 nitrogen and oxygen atoms in total. The van der Waals surface area contributed by atoms with Crippen molar-refractivity contribution in [1.82, 2.24) is 4.98 Å². The van der Waals surface area contributed by atoms with E-state index in [1.807, 2.05) is 30.3 Å². The van der Waals surface area contributed by atoms with Gasteiger partial charge in [0.15, 0.2) is 5.58 Å². The summed E-state index contributed by atoms with van der Waals surface area (Å²) in [5.41, 5.74) is 12.9. The number of hydrogen-bond acceptors (Lipinski definition) is 3. The van der Waals surface area contributed by atoms with E-state index in [1.54, 1.807) is 0 Å². The Kier molecular flexibility index (Phi) is 7.81. The maximum Gasteiger partial charge on any atom is 0.227 e. The van der Waals surface area contributed by atoms with Crippen molar-refractivity contribution in [2.75, 3.05) is 4.90 Å². The summed E-state index contributed by atoms with van der Waals surface area (Å²) in [7, 11) is 0. The monoisotopic (exact) mass is 690 g/mol. The molecule has 3 heteroatoms. The average molecular weight is 691 g/mol. The number of benzene rings is 9. The Labute approximate surface area is 314 Å². The zero-order valence-electron chi connectivity index (χ0n) is 29.4. The third kappa shape index (κ3) is 5.60. The Hall–Kier alpha value is -7.23. The lowest BCUT2D eigenvalue weighted by atomic mass is 9.92. The number of aromatic nitrogens is 1. The molecule has 0 spiro atoms. The molecule has 10 rings (SSSR count). The fourth-order valence-corrected chi connectivity index (χ4v) is 7.73. The molecule has 0 bridgehead atoms. The maximum absolute atomic E-state index is 6.66. The van der Waals surface area contributed by atoms with Crippen molar-refractivity contribution in [2.24, 2.45) is 0 Å². The van der Waals surface area contributed by atoms with Crippen LogP contribution in [0.25, 0.3) is 77.5 Å². The predicted molar refractivity (Wildman–Crippen MR) is 225 cm³/mol. The molecule has 9 aromatic carbocycles. The molecule has 0 unspecified atom stereocenters. The lowest BCUT2D eigenvalue weighted by Gasteiger charge is -2.26. The highest BCUT2D eigenvalue weighted by Gasteiger charge is 2.19. The summed E-state index contributed by atoms with van der Waals surface area (Å²) in [4.78, 5) is 7.29. The van der Waals surface area contributed by atoms with Crippen LogP contribution >= 0.6 is 0 Å². The van der Waals surface area contributed by atoms with Crippen LogP contribution in [0.4, 0.5) is 17.1 Å². The first-order chi connectivity index (χ1) is 26.8. The van der Waals surface area contributed by atoms with Crippen LogP contribution in [0, 0.1) is 0 Å². The van der Waals surface area contributed by atoms with Crippen molar-refractivity contribution in [3.05, 3.63) is 206 Å². The quantitative estimate of drug-likeness (QED) is 0.156. The number of hydrogen-bond donors (Lipinski definition) is 0. The van der Waals surface area contributed by atoms with Gasteiger partial charge >= 0.3 is 0 Å². The first-order valence-corrected chi connectivity index (χ1v) is 18.3. The van der Waals surface area contributed by atoms with E-state index >= 15 is 0 Å². The van der Waals surface area contributed by atoms with E-state index in [-0.39, 0.29) is 0 Å². The van der Waals surface area contributed by atoms with E-state index in [4.69, 9.17) is 9.40 Å². The molecule has 0 amide bonds. The summed E-state index contributed by atoms with van der Waals surface area (Å²) in [6.07, 6.45) is 0. The first-order valence-electron chi connectivity index (χ1n) is 18.3. The number of oxazole rings is 1. The number of anilines is 3. The van der Waals surface area contributed by atoms with E-state index in [0.717, 1.165) is 55.3 Å². The van der Waals surface area contributed by atoms with Crippen molar-refractivity contribution in [3.8, 4) is 44.8 Å². The number of nitrogens with zero attached hydrogens (tertiary/aromatic N) is 2. The fraction of sp³-hybridized carbons (Fsp3) is 0. The molecule has 54 heavy (non-hydrogen) atoms. The van der Waals surface area contributed by atoms with Gasteiger partial charge in [-0.05, 0) is 110 Å². The van der Waals surface area contributed by atoms with Gasteiger partial charge in [-0.15, -0.1) is 0 Å². The van der Waals surface area contributed by atoms with Crippen molar-refractivity contribution in [2.45, 2.75) is 0 Å². The summed E-state index contributed by atoms with van der Waals surface area (Å²) in [5.74, 6) is 0.620. The summed E-state index contributed by atoms with van der Waals surface area (Å²) >= 11 is 0. The molecule has 0 saturated carbocycles. The van der Waals surface area contributed by atoms with Gasteiger partial charge in [0.25, 0.3) is 0 Å². The molecule has 10 aromatic rings. The Morgan fingerprint density at radius 1 is 0.370 bits per heavy atom. The predicted octanol–water partition coefficient (Wildman–Crippen LogP) is 14.3. The van der Waals surface area contributed by atoms with E-state index in [1.165, 1.54) is 33.4 Å². The van der Waals surface area contributed by atoms with Crippen molar-refractivity contribution >= 4 is 49.7 Å². The molecule has 254 valence electrons. The van der Waals surface area contributed by atoms with Gasteiger partial charge in [0.05, 0.1) is 0 Å². The summed E-state index contributed by atoms with van der Waals surface area (Å²) in [6.45, 7) is 0. The molecule has 0 aliphatic rings. The summed E-state index contributed by atoms with van der Waals surface area (Å²) < 4.78 is 6.66. The average Bonchev–Trinajstić information content (AvgIpc) is 3.70. The smallest absolute Gasteiger partial charge is 0.227 e. The molecule has 0 saturated heterocycles. The molecule has 0 aliphatic carbocycles.